The van der Waals surface area contributed by atoms with Crippen molar-refractivity contribution in [3.05, 3.63) is 30.1 Å². The molecule has 0 amide bonds. The second kappa shape index (κ2) is 6.69. The molecule has 4 heteroatoms. The predicted molar refractivity (Wildman–Crippen MR) is 69.6 cm³/mol. The van der Waals surface area contributed by atoms with Crippen LogP contribution in [-0.4, -0.2) is 40.7 Å². The Morgan fingerprint density at radius 3 is 2.65 bits per heavy atom. The number of hydrogen-bond donors (Lipinski definition) is 2. The fourth-order valence-corrected chi connectivity index (χ4v) is 1.91. The summed E-state index contributed by atoms with van der Waals surface area (Å²) >= 11 is 0. The van der Waals surface area contributed by atoms with Gasteiger partial charge in [0.2, 0.25) is 0 Å². The summed E-state index contributed by atoms with van der Waals surface area (Å²) < 4.78 is 0. The van der Waals surface area contributed by atoms with Gasteiger partial charge in [0, 0.05) is 18.3 Å². The first-order chi connectivity index (χ1) is 8.11. The molecule has 3 atom stereocenters. The van der Waals surface area contributed by atoms with Crippen LogP contribution in [0.4, 0.5) is 0 Å². The molecule has 0 radical (unpaired) electrons. The lowest BCUT2D eigenvalue weighted by molar-refractivity contribution is 0.103. The zero-order chi connectivity index (χ0) is 12.8. The summed E-state index contributed by atoms with van der Waals surface area (Å²) in [5, 5.41) is 9.25. The molecular formula is C13H23N3O. The third-order valence-corrected chi connectivity index (χ3v) is 3.27. The molecule has 1 aromatic heterocycles. The van der Waals surface area contributed by atoms with Crippen molar-refractivity contribution in [2.75, 3.05) is 13.7 Å². The van der Waals surface area contributed by atoms with Gasteiger partial charge >= 0.3 is 0 Å². The van der Waals surface area contributed by atoms with Crippen LogP contribution >= 0.6 is 0 Å². The maximum absolute atomic E-state index is 9.25. The molecule has 96 valence electrons. The normalized spacial score (nSPS) is 16.8. The Bertz CT molecular complexity index is 318. The Hall–Kier alpha value is -0.970. The summed E-state index contributed by atoms with van der Waals surface area (Å²) in [4.78, 5) is 6.48. The molecule has 0 aliphatic rings. The molecule has 3 unspecified atom stereocenters. The third kappa shape index (κ3) is 3.49. The molecule has 0 spiro atoms. The molecule has 0 saturated heterocycles. The molecular weight excluding hydrogens is 214 g/mol. The largest absolute Gasteiger partial charge is 0.395 e. The van der Waals surface area contributed by atoms with Gasteiger partial charge < -0.3 is 10.8 Å². The number of aromatic nitrogens is 1. The highest BCUT2D eigenvalue weighted by Gasteiger charge is 2.26. The first kappa shape index (κ1) is 14.1. The monoisotopic (exact) mass is 237 g/mol. The molecule has 0 saturated carbocycles. The van der Waals surface area contributed by atoms with Crippen LogP contribution < -0.4 is 5.73 Å². The Balaban J connectivity index is 2.96. The van der Waals surface area contributed by atoms with E-state index in [0.717, 1.165) is 12.1 Å². The van der Waals surface area contributed by atoms with Crippen molar-refractivity contribution in [1.29, 1.82) is 0 Å². The number of aliphatic hydroxyl groups is 1. The molecule has 1 rings (SSSR count). The van der Waals surface area contributed by atoms with Gasteiger partial charge in [0.1, 0.15) is 0 Å². The van der Waals surface area contributed by atoms with Crippen molar-refractivity contribution < 1.29 is 5.11 Å². The molecule has 0 aliphatic carbocycles. The van der Waals surface area contributed by atoms with E-state index in [9.17, 15) is 5.11 Å². The fourth-order valence-electron chi connectivity index (χ4n) is 1.91. The van der Waals surface area contributed by atoms with E-state index >= 15 is 0 Å². The maximum Gasteiger partial charge on any atom is 0.0674 e. The van der Waals surface area contributed by atoms with E-state index in [2.05, 4.69) is 16.8 Å². The molecule has 1 heterocycles. The Kier molecular flexibility index (Phi) is 5.55. The lowest BCUT2D eigenvalue weighted by Crippen LogP contribution is -2.44. The van der Waals surface area contributed by atoms with Gasteiger partial charge in [0.15, 0.2) is 0 Å². The average molecular weight is 237 g/mol. The summed E-state index contributed by atoms with van der Waals surface area (Å²) in [7, 11) is 1.98. The fraction of sp³-hybridized carbons (Fsp3) is 0.615. The summed E-state index contributed by atoms with van der Waals surface area (Å²) in [6, 6.07) is 5.98. The zero-order valence-electron chi connectivity index (χ0n) is 10.9. The van der Waals surface area contributed by atoms with E-state index in [4.69, 9.17) is 5.73 Å². The molecule has 3 N–H and O–H groups in total. The van der Waals surface area contributed by atoms with Crippen molar-refractivity contribution >= 4 is 0 Å². The topological polar surface area (TPSA) is 62.4 Å². The lowest BCUT2D eigenvalue weighted by atomic mass is 10.00. The molecule has 4 nitrogen and oxygen atoms in total. The van der Waals surface area contributed by atoms with Gasteiger partial charge in [-0.2, -0.15) is 0 Å². The van der Waals surface area contributed by atoms with Gasteiger partial charge in [-0.15, -0.1) is 0 Å². The van der Waals surface area contributed by atoms with Crippen LogP contribution in [0.3, 0.4) is 0 Å². The van der Waals surface area contributed by atoms with Crippen LogP contribution in [0.15, 0.2) is 24.4 Å². The predicted octanol–water partition coefficient (Wildman–Crippen LogP) is 1.17. The summed E-state index contributed by atoms with van der Waals surface area (Å²) in [6.45, 7) is 4.17. The number of rotatable bonds is 6. The van der Waals surface area contributed by atoms with Crippen molar-refractivity contribution in [3.8, 4) is 0 Å². The van der Waals surface area contributed by atoms with Crippen LogP contribution in [0.2, 0.25) is 0 Å². The summed E-state index contributed by atoms with van der Waals surface area (Å²) in [5.74, 6) is 0. The number of likely N-dealkylation sites (N-methyl/N-ethyl adjacent to an activating group) is 1. The van der Waals surface area contributed by atoms with Gasteiger partial charge in [-0.25, -0.2) is 0 Å². The Labute approximate surface area is 103 Å². The molecule has 1 aromatic rings. The van der Waals surface area contributed by atoms with Crippen molar-refractivity contribution in [1.82, 2.24) is 9.88 Å². The van der Waals surface area contributed by atoms with Gasteiger partial charge in [-0.3, -0.25) is 9.88 Å². The van der Waals surface area contributed by atoms with E-state index in [-0.39, 0.29) is 24.7 Å². The summed E-state index contributed by atoms with van der Waals surface area (Å²) in [5.41, 5.74) is 7.14. The average Bonchev–Trinajstić information content (AvgIpc) is 2.38. The van der Waals surface area contributed by atoms with Gasteiger partial charge in [-0.05, 0) is 32.5 Å². The van der Waals surface area contributed by atoms with E-state index in [1.807, 2.05) is 32.2 Å². The lowest BCUT2D eigenvalue weighted by Gasteiger charge is -2.35. The first-order valence-corrected chi connectivity index (χ1v) is 6.11. The van der Waals surface area contributed by atoms with Gasteiger partial charge in [0.05, 0.1) is 18.3 Å². The molecule has 17 heavy (non-hydrogen) atoms. The van der Waals surface area contributed by atoms with E-state index < -0.39 is 0 Å². The maximum atomic E-state index is 9.25. The van der Waals surface area contributed by atoms with E-state index in [1.54, 1.807) is 6.20 Å². The Morgan fingerprint density at radius 2 is 2.18 bits per heavy atom. The van der Waals surface area contributed by atoms with Crippen LogP contribution in [0, 0.1) is 0 Å². The molecule has 0 aliphatic heterocycles. The number of aliphatic hydroxyl groups excluding tert-OH is 1. The van der Waals surface area contributed by atoms with Gasteiger partial charge in [0.25, 0.3) is 0 Å². The standard InChI is InChI=1S/C13H23N3O/c1-4-11(14)13(16(3)10(2)9-17)12-7-5-6-8-15-12/h5-8,10-11,13,17H,4,9,14H2,1-3H3. The minimum absolute atomic E-state index is 0.0175. The highest BCUT2D eigenvalue weighted by atomic mass is 16.3. The number of nitrogens with zero attached hydrogens (tertiary/aromatic N) is 2. The van der Waals surface area contributed by atoms with Crippen LogP contribution in [-0.2, 0) is 0 Å². The van der Waals surface area contributed by atoms with E-state index in [0.29, 0.717) is 0 Å². The summed E-state index contributed by atoms with van der Waals surface area (Å²) in [6.07, 6.45) is 2.66. The zero-order valence-corrected chi connectivity index (χ0v) is 10.9. The quantitative estimate of drug-likeness (QED) is 0.779. The minimum Gasteiger partial charge on any atom is -0.395 e. The van der Waals surface area contributed by atoms with Crippen LogP contribution in [0.1, 0.15) is 32.0 Å². The third-order valence-electron chi connectivity index (χ3n) is 3.27. The first-order valence-electron chi connectivity index (χ1n) is 6.11. The number of nitrogens with two attached hydrogens (primary N) is 1. The second-order valence-electron chi connectivity index (χ2n) is 4.47. The number of hydrogen-bond acceptors (Lipinski definition) is 4. The SMILES string of the molecule is CCC(N)C(c1ccccn1)N(C)C(C)CO. The van der Waals surface area contributed by atoms with Crippen LogP contribution in [0.5, 0.6) is 0 Å². The van der Waals surface area contributed by atoms with E-state index in [1.165, 1.54) is 0 Å². The van der Waals surface area contributed by atoms with Crippen molar-refractivity contribution in [2.24, 2.45) is 5.73 Å². The Morgan fingerprint density at radius 1 is 1.47 bits per heavy atom. The highest BCUT2D eigenvalue weighted by Crippen LogP contribution is 2.23. The van der Waals surface area contributed by atoms with Crippen molar-refractivity contribution in [3.63, 3.8) is 0 Å². The second-order valence-corrected chi connectivity index (χ2v) is 4.47. The van der Waals surface area contributed by atoms with Crippen LogP contribution in [0.25, 0.3) is 0 Å². The highest BCUT2D eigenvalue weighted by molar-refractivity contribution is 5.11. The molecule has 0 aromatic carbocycles. The van der Waals surface area contributed by atoms with Crippen molar-refractivity contribution in [2.45, 2.75) is 38.4 Å². The smallest absolute Gasteiger partial charge is 0.0674 e. The molecule has 0 bridgehead atoms. The number of pyridine rings is 1. The van der Waals surface area contributed by atoms with Gasteiger partial charge in [-0.1, -0.05) is 13.0 Å². The minimum atomic E-state index is 0.0175. The molecule has 0 fully saturated rings.